The van der Waals surface area contributed by atoms with E-state index in [9.17, 15) is 26.7 Å². The Balaban J connectivity index is 1.56. The lowest BCUT2D eigenvalue weighted by atomic mass is 9.89. The monoisotopic (exact) mass is 506 g/mol. The Kier molecular flexibility index (Phi) is 6.87. The third-order valence-corrected chi connectivity index (χ3v) is 6.16. The Hall–Kier alpha value is -3.70. The molecule has 36 heavy (non-hydrogen) atoms. The van der Waals surface area contributed by atoms with E-state index in [1.165, 1.54) is 19.2 Å². The number of anilines is 1. The lowest BCUT2D eigenvalue weighted by Gasteiger charge is -2.19. The molecule has 4 heterocycles. The predicted molar refractivity (Wildman–Crippen MR) is 121 cm³/mol. The Morgan fingerprint density at radius 1 is 1.14 bits per heavy atom. The molecule has 0 aromatic carbocycles. The molecule has 0 saturated carbocycles. The molecule has 2 N–H and O–H groups in total. The van der Waals surface area contributed by atoms with Crippen molar-refractivity contribution in [3.63, 3.8) is 0 Å². The van der Waals surface area contributed by atoms with E-state index in [0.29, 0.717) is 22.4 Å². The van der Waals surface area contributed by atoms with Crippen LogP contribution in [0.2, 0.25) is 0 Å². The smallest absolute Gasteiger partial charge is 0.355 e. The number of pyridine rings is 2. The van der Waals surface area contributed by atoms with E-state index in [1.54, 1.807) is 19.9 Å². The van der Waals surface area contributed by atoms with Crippen LogP contribution in [0, 0.1) is 18.7 Å². The third-order valence-electron chi connectivity index (χ3n) is 6.16. The van der Waals surface area contributed by atoms with Crippen molar-refractivity contribution < 1.29 is 26.7 Å². The minimum absolute atomic E-state index is 0.0244. The molecule has 1 fully saturated rings. The summed E-state index contributed by atoms with van der Waals surface area (Å²) in [6.45, 7) is 4.88. The molecule has 3 aromatic heterocycles. The van der Waals surface area contributed by atoms with Gasteiger partial charge in [0.1, 0.15) is 11.9 Å². The van der Waals surface area contributed by atoms with E-state index in [0.717, 1.165) is 18.5 Å². The average molecular weight is 506 g/mol. The topological polar surface area (TPSA) is 92.7 Å². The maximum atomic E-state index is 14.5. The highest BCUT2D eigenvalue weighted by atomic mass is 19.4. The van der Waals surface area contributed by atoms with Crippen LogP contribution >= 0.6 is 0 Å². The zero-order valence-corrected chi connectivity index (χ0v) is 19.6. The highest BCUT2D eigenvalue weighted by Crippen LogP contribution is 2.34. The molecule has 190 valence electrons. The van der Waals surface area contributed by atoms with Crippen molar-refractivity contribution in [1.29, 1.82) is 0 Å². The minimum Gasteiger partial charge on any atom is -0.355 e. The number of aryl methyl sites for hydroxylation is 1. The van der Waals surface area contributed by atoms with Gasteiger partial charge in [-0.25, -0.2) is 18.7 Å². The number of carbonyl (C=O) groups is 1. The molecular formula is C24H23F5N6O. The van der Waals surface area contributed by atoms with Crippen LogP contribution in [0.4, 0.5) is 27.9 Å². The Morgan fingerprint density at radius 3 is 2.56 bits per heavy atom. The molecule has 1 saturated heterocycles. The van der Waals surface area contributed by atoms with Gasteiger partial charge in [0.05, 0.1) is 29.5 Å². The van der Waals surface area contributed by atoms with Gasteiger partial charge >= 0.3 is 6.18 Å². The second-order valence-corrected chi connectivity index (χ2v) is 8.71. The van der Waals surface area contributed by atoms with Crippen LogP contribution in [0.25, 0.3) is 11.1 Å². The summed E-state index contributed by atoms with van der Waals surface area (Å²) in [4.78, 5) is 28.1. The number of rotatable bonds is 6. The van der Waals surface area contributed by atoms with Crippen LogP contribution in [0.3, 0.4) is 0 Å². The number of hydrogen-bond acceptors (Lipinski definition) is 6. The molecule has 1 unspecified atom stereocenters. The summed E-state index contributed by atoms with van der Waals surface area (Å²) in [6.07, 6.45) is -2.43. The number of carbonyl (C=O) groups excluding carboxylic acids is 1. The number of halogens is 5. The third kappa shape index (κ3) is 5.12. The molecule has 4 atom stereocenters. The van der Waals surface area contributed by atoms with Gasteiger partial charge in [-0.2, -0.15) is 13.2 Å². The first kappa shape index (κ1) is 25.4. The van der Waals surface area contributed by atoms with Gasteiger partial charge in [-0.1, -0.05) is 0 Å². The van der Waals surface area contributed by atoms with Gasteiger partial charge in [0.15, 0.2) is 5.82 Å². The van der Waals surface area contributed by atoms with Crippen molar-refractivity contribution in [2.75, 3.05) is 11.9 Å². The van der Waals surface area contributed by atoms with E-state index >= 15 is 0 Å². The fourth-order valence-electron chi connectivity index (χ4n) is 4.20. The summed E-state index contributed by atoms with van der Waals surface area (Å²) < 4.78 is 67.6. The fourth-order valence-corrected chi connectivity index (χ4v) is 4.20. The summed E-state index contributed by atoms with van der Waals surface area (Å²) in [7, 11) is 0. The van der Waals surface area contributed by atoms with Gasteiger partial charge in [-0.15, -0.1) is 0 Å². The van der Waals surface area contributed by atoms with Crippen molar-refractivity contribution in [3.8, 4) is 11.1 Å². The van der Waals surface area contributed by atoms with Crippen molar-refractivity contribution >= 4 is 11.9 Å². The van der Waals surface area contributed by atoms with E-state index in [2.05, 4.69) is 30.6 Å². The molecule has 1 aliphatic rings. The SMILES string of the molecule is Cc1cc([C@H](C)Nc2ncc(F)c([C@@H]3C(=O)NCC3[C@H](C)F)n2)ncc1-c1ccnc(C(F)(F)F)c1. The molecule has 12 heteroatoms. The van der Waals surface area contributed by atoms with Crippen LogP contribution in [0.15, 0.2) is 36.8 Å². The summed E-state index contributed by atoms with van der Waals surface area (Å²) in [5.74, 6) is -3.12. The number of alkyl halides is 4. The number of nitrogens with one attached hydrogen (secondary N) is 2. The molecule has 1 amide bonds. The molecule has 4 rings (SSSR count). The van der Waals surface area contributed by atoms with E-state index in [1.807, 2.05) is 0 Å². The normalized spacial score (nSPS) is 19.6. The largest absolute Gasteiger partial charge is 0.433 e. The predicted octanol–water partition coefficient (Wildman–Crippen LogP) is 4.76. The average Bonchev–Trinajstić information content (AvgIpc) is 3.21. The zero-order valence-electron chi connectivity index (χ0n) is 19.6. The van der Waals surface area contributed by atoms with Crippen LogP contribution in [-0.4, -0.2) is 38.6 Å². The number of hydrogen-bond donors (Lipinski definition) is 2. The quantitative estimate of drug-likeness (QED) is 0.469. The molecule has 0 radical (unpaired) electrons. The minimum atomic E-state index is -4.56. The second-order valence-electron chi connectivity index (χ2n) is 8.71. The maximum Gasteiger partial charge on any atom is 0.433 e. The molecule has 0 aliphatic carbocycles. The first-order valence-electron chi connectivity index (χ1n) is 11.2. The number of amides is 1. The fraction of sp³-hybridized carbons (Fsp3) is 0.375. The summed E-state index contributed by atoms with van der Waals surface area (Å²) in [5.41, 5.74) is 0.857. The van der Waals surface area contributed by atoms with Gasteiger partial charge in [-0.3, -0.25) is 14.8 Å². The van der Waals surface area contributed by atoms with Gasteiger partial charge in [0, 0.05) is 30.4 Å². The standard InChI is InChI=1S/C24H23F5N6O/c1-11-6-18(31-8-15(11)14-4-5-30-19(7-14)24(27,28)29)13(3)34-23-33-10-17(26)21(35-23)20-16(12(2)25)9-32-22(20)36/h4-8,10,12-13,16,20H,9H2,1-3H3,(H,32,36)(H,33,34,35)/t12-,13-,16?,20+/m0/s1. The van der Waals surface area contributed by atoms with Gasteiger partial charge in [0.2, 0.25) is 11.9 Å². The highest BCUT2D eigenvalue weighted by Gasteiger charge is 2.42. The number of aromatic nitrogens is 4. The summed E-state index contributed by atoms with van der Waals surface area (Å²) >= 11 is 0. The summed E-state index contributed by atoms with van der Waals surface area (Å²) in [6, 6.07) is 3.66. The molecule has 3 aromatic rings. The lowest BCUT2D eigenvalue weighted by molar-refractivity contribution is -0.141. The van der Waals surface area contributed by atoms with Crippen LogP contribution in [0.1, 0.15) is 48.5 Å². The van der Waals surface area contributed by atoms with Crippen LogP contribution < -0.4 is 10.6 Å². The molecule has 1 aliphatic heterocycles. The first-order valence-corrected chi connectivity index (χ1v) is 11.2. The number of nitrogens with zero attached hydrogens (tertiary/aromatic N) is 4. The zero-order chi connectivity index (χ0) is 26.2. The molecule has 0 bridgehead atoms. The van der Waals surface area contributed by atoms with Crippen molar-refractivity contribution in [1.82, 2.24) is 25.3 Å². The van der Waals surface area contributed by atoms with E-state index < -0.39 is 47.6 Å². The molecular weight excluding hydrogens is 483 g/mol. The lowest BCUT2D eigenvalue weighted by Crippen LogP contribution is -2.24. The Bertz CT molecular complexity index is 1280. The van der Waals surface area contributed by atoms with Crippen LogP contribution in [0.5, 0.6) is 0 Å². The van der Waals surface area contributed by atoms with Gasteiger partial charge in [0.25, 0.3) is 0 Å². The van der Waals surface area contributed by atoms with Gasteiger partial charge in [-0.05, 0) is 50.1 Å². The second kappa shape index (κ2) is 9.75. The first-order chi connectivity index (χ1) is 17.0. The van der Waals surface area contributed by atoms with Crippen LogP contribution in [-0.2, 0) is 11.0 Å². The van der Waals surface area contributed by atoms with Crippen molar-refractivity contribution in [2.45, 2.75) is 45.1 Å². The van der Waals surface area contributed by atoms with Crippen molar-refractivity contribution in [2.24, 2.45) is 5.92 Å². The summed E-state index contributed by atoms with van der Waals surface area (Å²) in [5, 5.41) is 5.53. The van der Waals surface area contributed by atoms with E-state index in [-0.39, 0.29) is 18.2 Å². The maximum absolute atomic E-state index is 14.5. The Morgan fingerprint density at radius 2 is 1.89 bits per heavy atom. The highest BCUT2D eigenvalue weighted by molar-refractivity contribution is 5.86. The van der Waals surface area contributed by atoms with Crippen molar-refractivity contribution in [3.05, 3.63) is 65.3 Å². The Labute approximate surface area is 203 Å². The van der Waals surface area contributed by atoms with E-state index in [4.69, 9.17) is 0 Å². The van der Waals surface area contributed by atoms with Gasteiger partial charge < -0.3 is 10.6 Å². The molecule has 0 spiro atoms. The molecule has 7 nitrogen and oxygen atoms in total.